The fraction of sp³-hybridized carbons (Fsp3) is 0.273. The molecule has 0 fully saturated rings. The predicted molar refractivity (Wildman–Crippen MR) is 67.7 cm³/mol. The second-order valence-electron chi connectivity index (χ2n) is 3.89. The molecule has 0 saturated heterocycles. The fourth-order valence-electron chi connectivity index (χ4n) is 1.60. The van der Waals surface area contributed by atoms with Crippen molar-refractivity contribution in [1.29, 1.82) is 0 Å². The summed E-state index contributed by atoms with van der Waals surface area (Å²) in [6.45, 7) is 0.503. The van der Waals surface area contributed by atoms with E-state index in [1.165, 1.54) is 11.5 Å². The molecule has 1 aromatic rings. The van der Waals surface area contributed by atoms with Crippen LogP contribution in [0.15, 0.2) is 34.2 Å². The molecule has 92 valence electrons. The van der Waals surface area contributed by atoms with Gasteiger partial charge in [-0.2, -0.15) is 0 Å². The minimum absolute atomic E-state index is 0.0926. The third-order valence-corrected chi connectivity index (χ3v) is 4.49. The topological polar surface area (TPSA) is 46.2 Å². The lowest BCUT2D eigenvalue weighted by Crippen LogP contribution is -2.29. The zero-order chi connectivity index (χ0) is 12.5. The van der Waals surface area contributed by atoms with Gasteiger partial charge < -0.3 is 5.32 Å². The van der Waals surface area contributed by atoms with Crippen LogP contribution < -0.4 is 5.32 Å². The van der Waals surface area contributed by atoms with Crippen LogP contribution in [0.1, 0.15) is 5.56 Å². The summed E-state index contributed by atoms with van der Waals surface area (Å²) in [7, 11) is -3.03. The van der Waals surface area contributed by atoms with Gasteiger partial charge in [-0.25, -0.2) is 12.8 Å². The molecular formula is C11H11BrFNO2S. The lowest BCUT2D eigenvalue weighted by Gasteiger charge is -2.10. The highest BCUT2D eigenvalue weighted by molar-refractivity contribution is 9.10. The molecule has 0 saturated carbocycles. The molecule has 0 bridgehead atoms. The molecule has 1 aromatic carbocycles. The molecule has 1 atom stereocenters. The van der Waals surface area contributed by atoms with Crippen LogP contribution in [-0.2, 0) is 16.4 Å². The minimum Gasteiger partial charge on any atom is -0.305 e. The van der Waals surface area contributed by atoms with Gasteiger partial charge in [-0.3, -0.25) is 0 Å². The maximum atomic E-state index is 13.0. The molecular weight excluding hydrogens is 309 g/mol. The Morgan fingerprint density at radius 3 is 2.82 bits per heavy atom. The van der Waals surface area contributed by atoms with Crippen molar-refractivity contribution in [1.82, 2.24) is 5.32 Å². The average molecular weight is 320 g/mol. The van der Waals surface area contributed by atoms with Gasteiger partial charge in [0.25, 0.3) is 0 Å². The second-order valence-corrected chi connectivity index (χ2v) is 6.68. The summed E-state index contributed by atoms with van der Waals surface area (Å²) in [5, 5.41) is 4.32. The highest BCUT2D eigenvalue weighted by Gasteiger charge is 2.20. The maximum Gasteiger partial charge on any atom is 0.173 e. The molecule has 0 aliphatic carbocycles. The molecule has 3 nitrogen and oxygen atoms in total. The van der Waals surface area contributed by atoms with Crippen LogP contribution in [0.25, 0.3) is 0 Å². The standard InChI is InChI=1S/C11H11BrFNO2S/c12-10-5-8(1-2-11(10)13)6-14-9-3-4-17(15,16)7-9/h1-5,9,14H,6-7H2. The molecule has 0 radical (unpaired) electrons. The Balaban J connectivity index is 1.95. The zero-order valence-corrected chi connectivity index (χ0v) is 11.3. The lowest BCUT2D eigenvalue weighted by molar-refractivity contribution is 0.589. The van der Waals surface area contributed by atoms with Crippen LogP contribution in [0.2, 0.25) is 0 Å². The third kappa shape index (κ3) is 3.37. The van der Waals surface area contributed by atoms with E-state index < -0.39 is 9.84 Å². The van der Waals surface area contributed by atoms with E-state index in [1.54, 1.807) is 18.2 Å². The van der Waals surface area contributed by atoms with Crippen LogP contribution in [0, 0.1) is 5.82 Å². The number of sulfone groups is 1. The average Bonchev–Trinajstić information content (AvgIpc) is 2.60. The van der Waals surface area contributed by atoms with Crippen LogP contribution in [0.4, 0.5) is 4.39 Å². The van der Waals surface area contributed by atoms with Crippen molar-refractivity contribution >= 4 is 25.8 Å². The molecule has 1 heterocycles. The summed E-state index contributed by atoms with van der Waals surface area (Å²) in [5.41, 5.74) is 0.899. The smallest absolute Gasteiger partial charge is 0.173 e. The Morgan fingerprint density at radius 2 is 2.24 bits per heavy atom. The van der Waals surface area contributed by atoms with Gasteiger partial charge in [0.05, 0.1) is 10.2 Å². The van der Waals surface area contributed by atoms with Crippen LogP contribution in [0.5, 0.6) is 0 Å². The van der Waals surface area contributed by atoms with Crippen molar-refractivity contribution in [3.8, 4) is 0 Å². The van der Waals surface area contributed by atoms with E-state index in [4.69, 9.17) is 0 Å². The number of nitrogens with one attached hydrogen (secondary N) is 1. The largest absolute Gasteiger partial charge is 0.305 e. The van der Waals surface area contributed by atoms with Crippen LogP contribution in [-0.4, -0.2) is 20.2 Å². The summed E-state index contributed by atoms with van der Waals surface area (Å²) in [5.74, 6) is -0.216. The molecule has 1 aliphatic rings. The van der Waals surface area contributed by atoms with Gasteiger partial charge in [-0.15, -0.1) is 0 Å². The van der Waals surface area contributed by atoms with Gasteiger partial charge >= 0.3 is 0 Å². The van der Waals surface area contributed by atoms with Crippen LogP contribution in [0.3, 0.4) is 0 Å². The molecule has 2 rings (SSSR count). The predicted octanol–water partition coefficient (Wildman–Crippen LogP) is 1.99. The van der Waals surface area contributed by atoms with Crippen molar-refractivity contribution in [3.63, 3.8) is 0 Å². The number of halogens is 2. The maximum absolute atomic E-state index is 13.0. The normalized spacial score (nSPS) is 21.9. The van der Waals surface area contributed by atoms with E-state index in [2.05, 4.69) is 21.2 Å². The van der Waals surface area contributed by atoms with E-state index in [-0.39, 0.29) is 17.6 Å². The number of hydrogen-bond acceptors (Lipinski definition) is 3. The molecule has 0 aromatic heterocycles. The molecule has 6 heteroatoms. The fourth-order valence-corrected chi connectivity index (χ4v) is 3.30. The summed E-state index contributed by atoms with van der Waals surface area (Å²) >= 11 is 3.10. The first kappa shape index (κ1) is 12.7. The second kappa shape index (κ2) is 4.88. The van der Waals surface area contributed by atoms with Crippen molar-refractivity contribution in [2.45, 2.75) is 12.6 Å². The van der Waals surface area contributed by atoms with Crippen molar-refractivity contribution in [2.75, 3.05) is 5.75 Å². The molecule has 1 aliphatic heterocycles. The number of hydrogen-bond donors (Lipinski definition) is 1. The Hall–Kier alpha value is -0.720. The summed E-state index contributed by atoms with van der Waals surface area (Å²) in [6.07, 6.45) is 1.63. The Morgan fingerprint density at radius 1 is 1.47 bits per heavy atom. The Kier molecular flexibility index (Phi) is 3.65. The SMILES string of the molecule is O=S1(=O)C=CC(NCc2ccc(F)c(Br)c2)C1. The van der Waals surface area contributed by atoms with E-state index in [0.717, 1.165) is 5.56 Å². The number of rotatable bonds is 3. The van der Waals surface area contributed by atoms with Gasteiger partial charge in [0, 0.05) is 18.0 Å². The highest BCUT2D eigenvalue weighted by Crippen LogP contribution is 2.17. The van der Waals surface area contributed by atoms with Gasteiger partial charge in [0.2, 0.25) is 0 Å². The first-order chi connectivity index (χ1) is 7.96. The quantitative estimate of drug-likeness (QED) is 0.926. The summed E-state index contributed by atoms with van der Waals surface area (Å²) < 4.78 is 35.7. The van der Waals surface area contributed by atoms with Gasteiger partial charge in [-0.1, -0.05) is 12.1 Å². The van der Waals surface area contributed by atoms with Crippen molar-refractivity contribution in [3.05, 3.63) is 45.5 Å². The molecule has 1 unspecified atom stereocenters. The first-order valence-electron chi connectivity index (χ1n) is 5.04. The third-order valence-electron chi connectivity index (χ3n) is 2.48. The van der Waals surface area contributed by atoms with E-state index in [9.17, 15) is 12.8 Å². The highest BCUT2D eigenvalue weighted by atomic mass is 79.9. The Labute approximate surface area is 108 Å². The van der Waals surface area contributed by atoms with E-state index >= 15 is 0 Å². The van der Waals surface area contributed by atoms with Crippen molar-refractivity contribution < 1.29 is 12.8 Å². The molecule has 0 amide bonds. The molecule has 1 N–H and O–H groups in total. The summed E-state index contributed by atoms with van der Waals surface area (Å²) in [6, 6.07) is 4.56. The van der Waals surface area contributed by atoms with Gasteiger partial charge in [0.1, 0.15) is 5.82 Å². The molecule has 0 spiro atoms. The molecule has 17 heavy (non-hydrogen) atoms. The lowest BCUT2D eigenvalue weighted by atomic mass is 10.2. The van der Waals surface area contributed by atoms with Gasteiger partial charge in [-0.05, 0) is 33.6 Å². The Bertz CT molecular complexity index is 557. The number of benzene rings is 1. The monoisotopic (exact) mass is 319 g/mol. The van der Waals surface area contributed by atoms with Crippen LogP contribution >= 0.6 is 15.9 Å². The van der Waals surface area contributed by atoms with E-state index in [0.29, 0.717) is 11.0 Å². The first-order valence-corrected chi connectivity index (χ1v) is 7.55. The van der Waals surface area contributed by atoms with E-state index in [1.807, 2.05) is 0 Å². The van der Waals surface area contributed by atoms with Crippen molar-refractivity contribution in [2.24, 2.45) is 0 Å². The van der Waals surface area contributed by atoms with Gasteiger partial charge in [0.15, 0.2) is 9.84 Å². The minimum atomic E-state index is -3.03. The zero-order valence-electron chi connectivity index (χ0n) is 8.86. The summed E-state index contributed by atoms with van der Waals surface area (Å²) in [4.78, 5) is 0.